The van der Waals surface area contributed by atoms with Crippen molar-refractivity contribution in [1.82, 2.24) is 10.1 Å². The summed E-state index contributed by atoms with van der Waals surface area (Å²) >= 11 is 0. The summed E-state index contributed by atoms with van der Waals surface area (Å²) in [6.45, 7) is 5.83. The standard InChI is InChI=1S/C23H22N4O4/c1-13(2)21-25-23(31-26-21)17-6-4-5-14(3)20(17)24-22(30)15-7-9-16(10-8-15)27-18(28)11-12-19(27)29/h4-10,13H,11-12H2,1-3H3,(H,24,30). The van der Waals surface area contributed by atoms with Gasteiger partial charge in [0.25, 0.3) is 11.8 Å². The molecule has 8 heteroatoms. The first kappa shape index (κ1) is 20.5. The third-order valence-corrected chi connectivity index (χ3v) is 5.14. The van der Waals surface area contributed by atoms with Gasteiger partial charge >= 0.3 is 0 Å². The Balaban J connectivity index is 1.59. The number of hydrogen-bond acceptors (Lipinski definition) is 6. The topological polar surface area (TPSA) is 105 Å². The normalized spacial score (nSPS) is 13.9. The van der Waals surface area contributed by atoms with E-state index in [1.165, 1.54) is 0 Å². The van der Waals surface area contributed by atoms with E-state index in [1.807, 2.05) is 39.0 Å². The molecule has 1 N–H and O–H groups in total. The molecule has 1 saturated heterocycles. The molecule has 31 heavy (non-hydrogen) atoms. The first-order valence-corrected chi connectivity index (χ1v) is 10.1. The maximum absolute atomic E-state index is 12.9. The van der Waals surface area contributed by atoms with Crippen LogP contribution in [0.1, 0.15) is 54.4 Å². The van der Waals surface area contributed by atoms with Gasteiger partial charge in [-0.2, -0.15) is 4.98 Å². The monoisotopic (exact) mass is 418 g/mol. The van der Waals surface area contributed by atoms with Crippen LogP contribution in [0, 0.1) is 6.92 Å². The Morgan fingerprint density at radius 2 is 1.74 bits per heavy atom. The molecule has 0 unspecified atom stereocenters. The summed E-state index contributed by atoms with van der Waals surface area (Å²) in [5, 5.41) is 6.93. The highest BCUT2D eigenvalue weighted by Gasteiger charge is 2.30. The Labute approximate surface area is 179 Å². The summed E-state index contributed by atoms with van der Waals surface area (Å²) in [4.78, 5) is 42.3. The van der Waals surface area contributed by atoms with Gasteiger partial charge in [-0.15, -0.1) is 0 Å². The molecule has 0 atom stereocenters. The lowest BCUT2D eigenvalue weighted by atomic mass is 10.1. The van der Waals surface area contributed by atoms with Crippen molar-refractivity contribution in [1.29, 1.82) is 0 Å². The van der Waals surface area contributed by atoms with Crippen molar-refractivity contribution >= 4 is 29.1 Å². The molecule has 0 radical (unpaired) electrons. The van der Waals surface area contributed by atoms with E-state index in [1.54, 1.807) is 24.3 Å². The maximum atomic E-state index is 12.9. The van der Waals surface area contributed by atoms with Gasteiger partial charge in [-0.3, -0.25) is 19.3 Å². The van der Waals surface area contributed by atoms with Gasteiger partial charge in [0.05, 0.1) is 16.9 Å². The SMILES string of the molecule is Cc1cccc(-c2nc(C(C)C)no2)c1NC(=O)c1ccc(N2C(=O)CCC2=O)cc1. The number of benzene rings is 2. The molecule has 0 spiro atoms. The van der Waals surface area contributed by atoms with E-state index in [4.69, 9.17) is 4.52 Å². The van der Waals surface area contributed by atoms with E-state index < -0.39 is 0 Å². The van der Waals surface area contributed by atoms with Crippen LogP contribution in [0.4, 0.5) is 11.4 Å². The molecule has 1 aromatic heterocycles. The Morgan fingerprint density at radius 3 is 2.35 bits per heavy atom. The van der Waals surface area contributed by atoms with Crippen molar-refractivity contribution in [3.8, 4) is 11.5 Å². The number of amides is 3. The zero-order valence-electron chi connectivity index (χ0n) is 17.5. The van der Waals surface area contributed by atoms with Gasteiger partial charge < -0.3 is 9.84 Å². The van der Waals surface area contributed by atoms with Crippen molar-refractivity contribution in [2.45, 2.75) is 39.5 Å². The second-order valence-corrected chi connectivity index (χ2v) is 7.73. The van der Waals surface area contributed by atoms with E-state index in [2.05, 4.69) is 15.5 Å². The fraction of sp³-hybridized carbons (Fsp3) is 0.261. The van der Waals surface area contributed by atoms with Crippen molar-refractivity contribution in [2.24, 2.45) is 0 Å². The molecule has 1 fully saturated rings. The zero-order chi connectivity index (χ0) is 22.1. The number of aromatic nitrogens is 2. The molecule has 4 rings (SSSR count). The molecule has 2 heterocycles. The molecule has 3 aromatic rings. The van der Waals surface area contributed by atoms with Gasteiger partial charge in [0.1, 0.15) is 0 Å². The van der Waals surface area contributed by atoms with Crippen molar-refractivity contribution in [3.63, 3.8) is 0 Å². The molecule has 1 aliphatic rings. The molecule has 0 saturated carbocycles. The van der Waals surface area contributed by atoms with E-state index in [0.29, 0.717) is 34.2 Å². The second-order valence-electron chi connectivity index (χ2n) is 7.73. The quantitative estimate of drug-likeness (QED) is 0.626. The molecule has 1 aliphatic heterocycles. The second kappa shape index (κ2) is 8.14. The first-order chi connectivity index (χ1) is 14.8. The Morgan fingerprint density at radius 1 is 1.06 bits per heavy atom. The minimum Gasteiger partial charge on any atom is -0.334 e. The minimum absolute atomic E-state index is 0.119. The van der Waals surface area contributed by atoms with Gasteiger partial charge in [0.15, 0.2) is 5.82 Å². The predicted molar refractivity (Wildman–Crippen MR) is 115 cm³/mol. The molecular formula is C23H22N4O4. The van der Waals surface area contributed by atoms with Gasteiger partial charge in [0, 0.05) is 24.3 Å². The number of anilines is 2. The number of aryl methyl sites for hydroxylation is 1. The lowest BCUT2D eigenvalue weighted by Gasteiger charge is -2.15. The molecule has 2 aromatic carbocycles. The number of rotatable bonds is 5. The third-order valence-electron chi connectivity index (χ3n) is 5.14. The summed E-state index contributed by atoms with van der Waals surface area (Å²) < 4.78 is 5.41. The van der Waals surface area contributed by atoms with Crippen LogP contribution in [-0.4, -0.2) is 27.9 Å². The Hall–Kier alpha value is -3.81. The number of hydrogen-bond donors (Lipinski definition) is 1. The average Bonchev–Trinajstić information content (AvgIpc) is 3.37. The average molecular weight is 418 g/mol. The first-order valence-electron chi connectivity index (χ1n) is 10.1. The number of nitrogens with zero attached hydrogens (tertiary/aromatic N) is 3. The van der Waals surface area contributed by atoms with Crippen LogP contribution in [0.25, 0.3) is 11.5 Å². The fourth-order valence-electron chi connectivity index (χ4n) is 3.40. The van der Waals surface area contributed by atoms with Gasteiger partial charge in [-0.25, -0.2) is 0 Å². The van der Waals surface area contributed by atoms with Crippen LogP contribution < -0.4 is 10.2 Å². The molecule has 8 nitrogen and oxygen atoms in total. The van der Waals surface area contributed by atoms with Gasteiger partial charge in [-0.1, -0.05) is 31.1 Å². The van der Waals surface area contributed by atoms with E-state index in [0.717, 1.165) is 10.5 Å². The maximum Gasteiger partial charge on any atom is 0.260 e. The van der Waals surface area contributed by atoms with Crippen LogP contribution in [0.15, 0.2) is 47.0 Å². The van der Waals surface area contributed by atoms with Crippen LogP contribution >= 0.6 is 0 Å². The van der Waals surface area contributed by atoms with Gasteiger partial charge in [-0.05, 0) is 42.8 Å². The summed E-state index contributed by atoms with van der Waals surface area (Å²) in [7, 11) is 0. The largest absolute Gasteiger partial charge is 0.334 e. The van der Waals surface area contributed by atoms with E-state index >= 15 is 0 Å². The predicted octanol–water partition coefficient (Wildman–Crippen LogP) is 4.07. The van der Waals surface area contributed by atoms with Crippen LogP contribution in [0.5, 0.6) is 0 Å². The lowest BCUT2D eigenvalue weighted by molar-refractivity contribution is -0.121. The van der Waals surface area contributed by atoms with Crippen molar-refractivity contribution < 1.29 is 18.9 Å². The number of imide groups is 1. The molecule has 0 bridgehead atoms. The fourth-order valence-corrected chi connectivity index (χ4v) is 3.40. The lowest BCUT2D eigenvalue weighted by Crippen LogP contribution is -2.28. The highest BCUT2D eigenvalue weighted by atomic mass is 16.5. The molecular weight excluding hydrogens is 396 g/mol. The summed E-state index contributed by atoms with van der Waals surface area (Å²) in [6.07, 6.45) is 0.427. The number of nitrogens with one attached hydrogen (secondary N) is 1. The zero-order valence-corrected chi connectivity index (χ0v) is 17.5. The van der Waals surface area contributed by atoms with Crippen LogP contribution in [-0.2, 0) is 9.59 Å². The summed E-state index contributed by atoms with van der Waals surface area (Å²) in [5.41, 5.74) is 2.93. The van der Waals surface area contributed by atoms with Crippen molar-refractivity contribution in [2.75, 3.05) is 10.2 Å². The number of para-hydroxylation sites is 1. The number of carbonyl (C=O) groups is 3. The Kier molecular flexibility index (Phi) is 5.37. The third kappa shape index (κ3) is 3.96. The van der Waals surface area contributed by atoms with Crippen LogP contribution in [0.2, 0.25) is 0 Å². The molecule has 0 aliphatic carbocycles. The molecule has 158 valence electrons. The minimum atomic E-state index is -0.329. The molecule has 3 amide bonds. The Bertz CT molecular complexity index is 1150. The van der Waals surface area contributed by atoms with E-state index in [9.17, 15) is 14.4 Å². The highest BCUT2D eigenvalue weighted by Crippen LogP contribution is 2.31. The summed E-state index contributed by atoms with van der Waals surface area (Å²) in [5.74, 6) is 0.261. The smallest absolute Gasteiger partial charge is 0.260 e. The number of carbonyl (C=O) groups excluding carboxylic acids is 3. The summed E-state index contributed by atoms with van der Waals surface area (Å²) in [6, 6.07) is 11.9. The highest BCUT2D eigenvalue weighted by molar-refractivity contribution is 6.20. The van der Waals surface area contributed by atoms with E-state index in [-0.39, 0.29) is 36.5 Å². The van der Waals surface area contributed by atoms with Crippen molar-refractivity contribution in [3.05, 3.63) is 59.4 Å². The van der Waals surface area contributed by atoms with Crippen LogP contribution in [0.3, 0.4) is 0 Å². The van der Waals surface area contributed by atoms with Gasteiger partial charge in [0.2, 0.25) is 11.8 Å².